The summed E-state index contributed by atoms with van der Waals surface area (Å²) in [5, 5.41) is 3.06. The van der Waals surface area contributed by atoms with Gasteiger partial charge in [0, 0.05) is 18.2 Å². The van der Waals surface area contributed by atoms with E-state index in [0.29, 0.717) is 18.3 Å². The normalized spacial score (nSPS) is 12.4. The molecule has 0 radical (unpaired) electrons. The van der Waals surface area contributed by atoms with Crippen molar-refractivity contribution in [3.63, 3.8) is 0 Å². The third-order valence-electron chi connectivity index (χ3n) is 3.41. The summed E-state index contributed by atoms with van der Waals surface area (Å²) in [5.74, 6) is 0.106. The second kappa shape index (κ2) is 8.93. The van der Waals surface area contributed by atoms with E-state index in [0.717, 1.165) is 24.1 Å². The molecule has 21 heavy (non-hydrogen) atoms. The van der Waals surface area contributed by atoms with Gasteiger partial charge in [-0.05, 0) is 43.2 Å². The van der Waals surface area contributed by atoms with Crippen molar-refractivity contribution in [2.75, 3.05) is 5.73 Å². The maximum absolute atomic E-state index is 11.9. The lowest BCUT2D eigenvalue weighted by Crippen LogP contribution is -2.33. The summed E-state index contributed by atoms with van der Waals surface area (Å²) < 4.78 is 0. The third kappa shape index (κ3) is 8.61. The van der Waals surface area contributed by atoms with Gasteiger partial charge in [-0.3, -0.25) is 4.79 Å². The Kier molecular flexibility index (Phi) is 8.41. The molecule has 0 bridgehead atoms. The minimum absolute atomic E-state index is 0. The van der Waals surface area contributed by atoms with Crippen LogP contribution in [0.2, 0.25) is 0 Å². The predicted octanol–water partition coefficient (Wildman–Crippen LogP) is 3.95. The number of carbonyl (C=O) groups excluding carboxylic acids is 1. The number of para-hydroxylation sites is 1. The van der Waals surface area contributed by atoms with Gasteiger partial charge in [-0.25, -0.2) is 0 Å². The number of anilines is 1. The zero-order valence-electron chi connectivity index (χ0n) is 13.6. The zero-order valence-corrected chi connectivity index (χ0v) is 14.4. The van der Waals surface area contributed by atoms with Crippen LogP contribution in [-0.2, 0) is 11.2 Å². The van der Waals surface area contributed by atoms with E-state index in [9.17, 15) is 4.79 Å². The molecule has 0 fully saturated rings. The van der Waals surface area contributed by atoms with Crippen molar-refractivity contribution in [1.82, 2.24) is 5.32 Å². The lowest BCUT2D eigenvalue weighted by molar-refractivity contribution is -0.121. The molecule has 1 unspecified atom stereocenters. The van der Waals surface area contributed by atoms with Crippen LogP contribution in [0.4, 0.5) is 5.69 Å². The fourth-order valence-electron chi connectivity index (χ4n) is 2.08. The first kappa shape index (κ1) is 19.8. The first-order valence-electron chi connectivity index (χ1n) is 7.41. The number of rotatable bonds is 6. The van der Waals surface area contributed by atoms with Crippen LogP contribution in [0.15, 0.2) is 24.3 Å². The Morgan fingerprint density at radius 1 is 1.29 bits per heavy atom. The number of amides is 1. The van der Waals surface area contributed by atoms with E-state index in [4.69, 9.17) is 5.73 Å². The predicted molar refractivity (Wildman–Crippen MR) is 92.7 cm³/mol. The summed E-state index contributed by atoms with van der Waals surface area (Å²) in [5.41, 5.74) is 8.00. The number of hydrogen-bond acceptors (Lipinski definition) is 2. The largest absolute Gasteiger partial charge is 0.399 e. The van der Waals surface area contributed by atoms with Crippen LogP contribution in [0.5, 0.6) is 0 Å². The second-order valence-corrected chi connectivity index (χ2v) is 6.77. The van der Waals surface area contributed by atoms with E-state index >= 15 is 0 Å². The minimum atomic E-state index is 0. The highest BCUT2D eigenvalue weighted by Gasteiger charge is 2.14. The van der Waals surface area contributed by atoms with Crippen LogP contribution >= 0.6 is 12.4 Å². The van der Waals surface area contributed by atoms with Crippen LogP contribution in [0, 0.1) is 5.41 Å². The molecule has 3 N–H and O–H groups in total. The van der Waals surface area contributed by atoms with Crippen molar-refractivity contribution in [3.05, 3.63) is 29.8 Å². The van der Waals surface area contributed by atoms with Crippen LogP contribution in [0.1, 0.15) is 52.5 Å². The van der Waals surface area contributed by atoms with E-state index in [2.05, 4.69) is 33.0 Å². The van der Waals surface area contributed by atoms with Crippen LogP contribution < -0.4 is 11.1 Å². The van der Waals surface area contributed by atoms with Gasteiger partial charge in [-0.2, -0.15) is 0 Å². The van der Waals surface area contributed by atoms with E-state index in [1.54, 1.807) is 0 Å². The Hall–Kier alpha value is -1.22. The Morgan fingerprint density at radius 3 is 2.48 bits per heavy atom. The molecule has 0 aromatic heterocycles. The van der Waals surface area contributed by atoms with Crippen molar-refractivity contribution < 1.29 is 4.79 Å². The third-order valence-corrected chi connectivity index (χ3v) is 3.41. The lowest BCUT2D eigenvalue weighted by atomic mass is 9.89. The van der Waals surface area contributed by atoms with Crippen molar-refractivity contribution in [2.24, 2.45) is 5.41 Å². The lowest BCUT2D eigenvalue weighted by Gasteiger charge is -2.21. The fraction of sp³-hybridized carbons (Fsp3) is 0.588. The van der Waals surface area contributed by atoms with E-state index in [1.807, 2.05) is 24.3 Å². The molecule has 3 nitrogen and oxygen atoms in total. The number of benzene rings is 1. The first-order valence-corrected chi connectivity index (χ1v) is 7.41. The molecule has 0 aliphatic heterocycles. The highest BCUT2D eigenvalue weighted by molar-refractivity contribution is 5.85. The quantitative estimate of drug-likeness (QED) is 0.781. The Labute approximate surface area is 135 Å². The van der Waals surface area contributed by atoms with Gasteiger partial charge in [-0.1, -0.05) is 39.0 Å². The van der Waals surface area contributed by atoms with Crippen molar-refractivity contribution in [1.29, 1.82) is 0 Å². The van der Waals surface area contributed by atoms with Crippen molar-refractivity contribution in [2.45, 2.75) is 59.4 Å². The molecule has 1 rings (SSSR count). The molecule has 1 aromatic rings. The number of nitrogens with one attached hydrogen (secondary N) is 1. The maximum atomic E-state index is 11.9. The summed E-state index contributed by atoms with van der Waals surface area (Å²) in [4.78, 5) is 11.9. The number of nitrogens with two attached hydrogens (primary N) is 1. The van der Waals surface area contributed by atoms with Gasteiger partial charge in [0.05, 0.1) is 0 Å². The summed E-state index contributed by atoms with van der Waals surface area (Å²) in [7, 11) is 0. The van der Waals surface area contributed by atoms with Crippen molar-refractivity contribution in [3.8, 4) is 0 Å². The Morgan fingerprint density at radius 2 is 1.90 bits per heavy atom. The molecule has 4 heteroatoms. The molecular formula is C17H29ClN2O. The number of hydrogen-bond donors (Lipinski definition) is 2. The van der Waals surface area contributed by atoms with Gasteiger partial charge < -0.3 is 11.1 Å². The average molecular weight is 313 g/mol. The van der Waals surface area contributed by atoms with Crippen LogP contribution in [0.25, 0.3) is 0 Å². The molecule has 1 aromatic carbocycles. The molecule has 0 heterocycles. The second-order valence-electron chi connectivity index (χ2n) is 6.77. The number of halogens is 1. The van der Waals surface area contributed by atoms with Gasteiger partial charge in [0.2, 0.25) is 5.91 Å². The average Bonchev–Trinajstić information content (AvgIpc) is 2.35. The molecule has 0 aliphatic carbocycles. The molecule has 0 saturated carbocycles. The summed E-state index contributed by atoms with van der Waals surface area (Å²) in [6, 6.07) is 7.95. The number of nitrogen functional groups attached to an aromatic ring is 1. The minimum Gasteiger partial charge on any atom is -0.399 e. The number of carbonyl (C=O) groups is 1. The zero-order chi connectivity index (χ0) is 15.2. The molecule has 120 valence electrons. The molecule has 0 spiro atoms. The highest BCUT2D eigenvalue weighted by Crippen LogP contribution is 2.21. The van der Waals surface area contributed by atoms with Crippen LogP contribution in [0.3, 0.4) is 0 Å². The molecule has 1 amide bonds. The molecule has 1 atom stereocenters. The van der Waals surface area contributed by atoms with Gasteiger partial charge in [0.25, 0.3) is 0 Å². The van der Waals surface area contributed by atoms with Crippen molar-refractivity contribution >= 4 is 24.0 Å². The molecule has 0 saturated heterocycles. The SMILES string of the molecule is CC(CCC(C)(C)C)NC(=O)CCc1ccccc1N.Cl. The topological polar surface area (TPSA) is 55.1 Å². The van der Waals surface area contributed by atoms with Gasteiger partial charge in [-0.15, -0.1) is 12.4 Å². The van der Waals surface area contributed by atoms with E-state index in [1.165, 1.54) is 0 Å². The Bertz CT molecular complexity index is 441. The van der Waals surface area contributed by atoms with Crippen LogP contribution in [-0.4, -0.2) is 11.9 Å². The molecular weight excluding hydrogens is 284 g/mol. The van der Waals surface area contributed by atoms with Gasteiger partial charge in [0.15, 0.2) is 0 Å². The maximum Gasteiger partial charge on any atom is 0.220 e. The summed E-state index contributed by atoms with van der Waals surface area (Å²) >= 11 is 0. The summed E-state index contributed by atoms with van der Waals surface area (Å²) in [6.07, 6.45) is 3.32. The summed E-state index contributed by atoms with van der Waals surface area (Å²) in [6.45, 7) is 8.74. The number of aryl methyl sites for hydroxylation is 1. The monoisotopic (exact) mass is 312 g/mol. The fourth-order valence-corrected chi connectivity index (χ4v) is 2.08. The van der Waals surface area contributed by atoms with Gasteiger partial charge >= 0.3 is 0 Å². The van der Waals surface area contributed by atoms with E-state index in [-0.39, 0.29) is 24.4 Å². The standard InChI is InChI=1S/C17H28N2O.ClH/c1-13(11-12-17(2,3)4)19-16(20)10-9-14-7-5-6-8-15(14)18;/h5-8,13H,9-12,18H2,1-4H3,(H,19,20);1H. The van der Waals surface area contributed by atoms with Gasteiger partial charge in [0.1, 0.15) is 0 Å². The molecule has 0 aliphatic rings. The Balaban J connectivity index is 0.00000400. The smallest absolute Gasteiger partial charge is 0.220 e. The first-order chi connectivity index (χ1) is 9.28. The highest BCUT2D eigenvalue weighted by atomic mass is 35.5. The van der Waals surface area contributed by atoms with E-state index < -0.39 is 0 Å².